The van der Waals surface area contributed by atoms with E-state index in [2.05, 4.69) is 11.4 Å². The summed E-state index contributed by atoms with van der Waals surface area (Å²) >= 11 is 1.39. The lowest BCUT2D eigenvalue weighted by Gasteiger charge is -2.21. The van der Waals surface area contributed by atoms with Crippen LogP contribution in [0.4, 0.5) is 0 Å². The smallest absolute Gasteiger partial charge is 0.261 e. The van der Waals surface area contributed by atoms with Crippen LogP contribution in [0.3, 0.4) is 0 Å². The van der Waals surface area contributed by atoms with Gasteiger partial charge in [-0.3, -0.25) is 4.79 Å². The van der Waals surface area contributed by atoms with Gasteiger partial charge in [-0.25, -0.2) is 4.98 Å². The van der Waals surface area contributed by atoms with Gasteiger partial charge in [-0.2, -0.15) is 0 Å². The monoisotopic (exact) mass is 420 g/mol. The zero-order valence-electron chi connectivity index (χ0n) is 16.6. The quantitative estimate of drug-likeness (QED) is 0.517. The first-order valence-electron chi connectivity index (χ1n) is 9.69. The zero-order chi connectivity index (χ0) is 20.7. The second-order valence-electron chi connectivity index (χ2n) is 7.15. The minimum absolute atomic E-state index is 0.123. The number of aromatic nitrogens is 1. The van der Waals surface area contributed by atoms with Gasteiger partial charge in [0.25, 0.3) is 5.91 Å². The van der Waals surface area contributed by atoms with Crippen molar-refractivity contribution in [2.45, 2.75) is 13.0 Å². The molecule has 1 atom stereocenters. The van der Waals surface area contributed by atoms with Crippen LogP contribution in [0.2, 0.25) is 0 Å². The summed E-state index contributed by atoms with van der Waals surface area (Å²) in [5.74, 6) is 2.09. The van der Waals surface area contributed by atoms with E-state index in [0.29, 0.717) is 23.8 Å². The number of fused-ring (bicyclic) bond motifs is 3. The molecule has 1 aliphatic rings. The van der Waals surface area contributed by atoms with Crippen molar-refractivity contribution >= 4 is 38.4 Å². The van der Waals surface area contributed by atoms with E-state index in [9.17, 15) is 4.79 Å². The van der Waals surface area contributed by atoms with Crippen molar-refractivity contribution in [1.82, 2.24) is 10.3 Å². The molecule has 4 aromatic rings. The fraction of sp³-hybridized carbons (Fsp3) is 0.217. The van der Waals surface area contributed by atoms with Gasteiger partial charge in [0.2, 0.25) is 0 Å². The van der Waals surface area contributed by atoms with Crippen LogP contribution >= 0.6 is 11.3 Å². The number of benzene rings is 2. The summed E-state index contributed by atoms with van der Waals surface area (Å²) in [6.07, 6.45) is 0. The zero-order valence-corrected chi connectivity index (χ0v) is 17.4. The standard InChI is InChI=1S/C23H20N2O4S/c1-13(14-4-6-19-20(10-14)29-8-7-28-19)24-22(26)21-11-16-9-15-3-5-17(27-2)12-18(15)25-23(16)30-21/h3-6,9-13H,7-8H2,1-2H3,(H,24,26). The van der Waals surface area contributed by atoms with Crippen molar-refractivity contribution in [2.75, 3.05) is 20.3 Å². The number of hydrogen-bond acceptors (Lipinski definition) is 6. The molecule has 0 bridgehead atoms. The summed E-state index contributed by atoms with van der Waals surface area (Å²) in [4.78, 5) is 19.0. The number of nitrogens with zero attached hydrogens (tertiary/aromatic N) is 1. The first-order valence-corrected chi connectivity index (χ1v) is 10.5. The number of carbonyl (C=O) groups is 1. The lowest BCUT2D eigenvalue weighted by Crippen LogP contribution is -2.26. The highest BCUT2D eigenvalue weighted by molar-refractivity contribution is 7.20. The topological polar surface area (TPSA) is 69.7 Å². The maximum Gasteiger partial charge on any atom is 0.261 e. The number of nitrogens with one attached hydrogen (secondary N) is 1. The summed E-state index contributed by atoms with van der Waals surface area (Å²) in [6.45, 7) is 3.04. The van der Waals surface area contributed by atoms with Crippen LogP contribution in [-0.4, -0.2) is 31.2 Å². The molecule has 6 nitrogen and oxygen atoms in total. The van der Waals surface area contributed by atoms with E-state index in [1.165, 1.54) is 11.3 Å². The highest BCUT2D eigenvalue weighted by Gasteiger charge is 2.18. The van der Waals surface area contributed by atoms with Crippen LogP contribution in [0.25, 0.3) is 21.1 Å². The fourth-order valence-corrected chi connectivity index (χ4v) is 4.45. The second kappa shape index (κ2) is 7.50. The average molecular weight is 420 g/mol. The summed E-state index contributed by atoms with van der Waals surface area (Å²) < 4.78 is 16.5. The van der Waals surface area contributed by atoms with Crippen LogP contribution in [0.1, 0.15) is 28.2 Å². The molecule has 0 saturated heterocycles. The van der Waals surface area contributed by atoms with E-state index in [4.69, 9.17) is 19.2 Å². The third-order valence-corrected chi connectivity index (χ3v) is 6.19. The Hall–Kier alpha value is -3.32. The van der Waals surface area contributed by atoms with E-state index in [1.54, 1.807) is 7.11 Å². The predicted molar refractivity (Wildman–Crippen MR) is 117 cm³/mol. The largest absolute Gasteiger partial charge is 0.497 e. The molecule has 5 rings (SSSR count). The summed E-state index contributed by atoms with van der Waals surface area (Å²) in [7, 11) is 1.64. The van der Waals surface area contributed by atoms with Gasteiger partial charge in [0.15, 0.2) is 11.5 Å². The minimum Gasteiger partial charge on any atom is -0.497 e. The molecule has 0 spiro atoms. The number of amides is 1. The van der Waals surface area contributed by atoms with Gasteiger partial charge in [0.05, 0.1) is 23.5 Å². The molecule has 0 aliphatic carbocycles. The number of rotatable bonds is 4. The van der Waals surface area contributed by atoms with Crippen molar-refractivity contribution in [2.24, 2.45) is 0 Å². The molecule has 0 saturated carbocycles. The Morgan fingerprint density at radius 3 is 2.73 bits per heavy atom. The van der Waals surface area contributed by atoms with Gasteiger partial charge in [0, 0.05) is 16.8 Å². The van der Waals surface area contributed by atoms with Gasteiger partial charge < -0.3 is 19.5 Å². The Labute approximate surface area is 177 Å². The molecule has 2 aromatic carbocycles. The van der Waals surface area contributed by atoms with E-state index in [0.717, 1.165) is 38.2 Å². The Morgan fingerprint density at radius 2 is 1.90 bits per heavy atom. The molecule has 152 valence electrons. The lowest BCUT2D eigenvalue weighted by molar-refractivity contribution is 0.0944. The predicted octanol–water partition coefficient (Wildman–Crippen LogP) is 4.72. The molecule has 7 heteroatoms. The first-order chi connectivity index (χ1) is 14.6. The maximum atomic E-state index is 12.9. The van der Waals surface area contributed by atoms with Crippen molar-refractivity contribution < 1.29 is 19.0 Å². The molecule has 1 N–H and O–H groups in total. The normalized spacial score (nSPS) is 13.9. The molecule has 1 aliphatic heterocycles. The molecule has 0 fully saturated rings. The van der Waals surface area contributed by atoms with Crippen LogP contribution in [-0.2, 0) is 0 Å². The first kappa shape index (κ1) is 18.7. The van der Waals surface area contributed by atoms with Gasteiger partial charge >= 0.3 is 0 Å². The fourth-order valence-electron chi connectivity index (χ4n) is 3.52. The Morgan fingerprint density at radius 1 is 1.07 bits per heavy atom. The molecule has 30 heavy (non-hydrogen) atoms. The summed E-state index contributed by atoms with van der Waals surface area (Å²) in [6, 6.07) is 15.3. The van der Waals surface area contributed by atoms with E-state index >= 15 is 0 Å². The molecule has 1 unspecified atom stereocenters. The molecular formula is C23H20N2O4S. The van der Waals surface area contributed by atoms with Crippen LogP contribution < -0.4 is 19.5 Å². The maximum absolute atomic E-state index is 12.9. The Bertz CT molecular complexity index is 1270. The number of ether oxygens (including phenoxy) is 3. The van der Waals surface area contributed by atoms with Crippen LogP contribution in [0.15, 0.2) is 48.5 Å². The number of hydrogen-bond donors (Lipinski definition) is 1. The number of methoxy groups -OCH3 is 1. The van der Waals surface area contributed by atoms with Gasteiger partial charge in [0.1, 0.15) is 23.8 Å². The SMILES string of the molecule is COc1ccc2cc3cc(C(=O)NC(C)c4ccc5c(c4)OCCO5)sc3nc2c1. The molecule has 0 radical (unpaired) electrons. The van der Waals surface area contributed by atoms with Crippen LogP contribution in [0.5, 0.6) is 17.2 Å². The molecule has 2 aromatic heterocycles. The van der Waals surface area contributed by atoms with E-state index < -0.39 is 0 Å². The molecule has 3 heterocycles. The highest BCUT2D eigenvalue weighted by atomic mass is 32.1. The molecular weight excluding hydrogens is 400 g/mol. The van der Waals surface area contributed by atoms with Gasteiger partial charge in [-0.1, -0.05) is 6.07 Å². The van der Waals surface area contributed by atoms with Crippen molar-refractivity contribution in [3.05, 3.63) is 59.0 Å². The third-order valence-electron chi connectivity index (χ3n) is 5.15. The summed E-state index contributed by atoms with van der Waals surface area (Å²) in [5, 5.41) is 5.03. The van der Waals surface area contributed by atoms with Gasteiger partial charge in [-0.15, -0.1) is 11.3 Å². The van der Waals surface area contributed by atoms with E-state index in [1.807, 2.05) is 49.4 Å². The van der Waals surface area contributed by atoms with Crippen molar-refractivity contribution in [3.63, 3.8) is 0 Å². The van der Waals surface area contributed by atoms with Gasteiger partial charge in [-0.05, 0) is 48.9 Å². The average Bonchev–Trinajstić information content (AvgIpc) is 3.19. The Balaban J connectivity index is 1.39. The lowest BCUT2D eigenvalue weighted by atomic mass is 10.1. The molecule has 1 amide bonds. The third kappa shape index (κ3) is 3.41. The minimum atomic E-state index is -0.171. The van der Waals surface area contributed by atoms with Crippen molar-refractivity contribution in [3.8, 4) is 17.2 Å². The summed E-state index contributed by atoms with van der Waals surface area (Å²) in [5.41, 5.74) is 1.81. The Kier molecular flexibility index (Phi) is 4.67. The number of carbonyl (C=O) groups excluding carboxylic acids is 1. The highest BCUT2D eigenvalue weighted by Crippen LogP contribution is 2.33. The second-order valence-corrected chi connectivity index (χ2v) is 8.18. The number of thiophene rings is 1. The van der Waals surface area contributed by atoms with Crippen molar-refractivity contribution in [1.29, 1.82) is 0 Å². The number of pyridine rings is 1. The van der Waals surface area contributed by atoms with E-state index in [-0.39, 0.29) is 11.9 Å². The van der Waals surface area contributed by atoms with Crippen LogP contribution in [0, 0.1) is 0 Å².